The Morgan fingerprint density at radius 3 is 2.27 bits per heavy atom. The van der Waals surface area contributed by atoms with Crippen LogP contribution in [-0.4, -0.2) is 21.5 Å². The lowest BCUT2D eigenvalue weighted by atomic mass is 9.83. The average Bonchev–Trinajstić information content (AvgIpc) is 3.28. The molecule has 2 aromatic heterocycles. The second-order valence-electron chi connectivity index (χ2n) is 7.62. The van der Waals surface area contributed by atoms with E-state index in [1.807, 2.05) is 29.6 Å². The van der Waals surface area contributed by atoms with Gasteiger partial charge in [-0.15, -0.1) is 11.3 Å². The van der Waals surface area contributed by atoms with Crippen molar-refractivity contribution in [2.24, 2.45) is 0 Å². The number of carbonyl (C=O) groups is 2. The van der Waals surface area contributed by atoms with E-state index in [1.165, 1.54) is 17.7 Å². The molecule has 0 bridgehead atoms. The first kappa shape index (κ1) is 19.8. The maximum absolute atomic E-state index is 13.4. The molecular formula is C26H14ClN3O2S. The monoisotopic (exact) mass is 467 g/mol. The Morgan fingerprint density at radius 2 is 1.48 bits per heavy atom. The second-order valence-corrected chi connectivity index (χ2v) is 8.91. The van der Waals surface area contributed by atoms with Crippen LogP contribution in [-0.2, 0) is 0 Å². The van der Waals surface area contributed by atoms with Crippen LogP contribution in [0.2, 0.25) is 5.02 Å². The van der Waals surface area contributed by atoms with Crippen LogP contribution < -0.4 is 5.32 Å². The van der Waals surface area contributed by atoms with Crippen molar-refractivity contribution in [1.82, 2.24) is 9.97 Å². The summed E-state index contributed by atoms with van der Waals surface area (Å²) in [6.45, 7) is 0. The van der Waals surface area contributed by atoms with Gasteiger partial charge in [0.1, 0.15) is 17.0 Å². The van der Waals surface area contributed by atoms with Crippen LogP contribution in [0.5, 0.6) is 0 Å². The van der Waals surface area contributed by atoms with Crippen LogP contribution in [0, 0.1) is 0 Å². The first-order valence-corrected chi connectivity index (χ1v) is 11.4. The third-order valence-corrected chi connectivity index (χ3v) is 6.87. The van der Waals surface area contributed by atoms with Crippen LogP contribution >= 0.6 is 22.9 Å². The van der Waals surface area contributed by atoms with Gasteiger partial charge in [-0.05, 0) is 23.8 Å². The zero-order chi connectivity index (χ0) is 22.5. The summed E-state index contributed by atoms with van der Waals surface area (Å²) in [7, 11) is 0. The minimum Gasteiger partial charge on any atom is -0.339 e. The molecule has 2 heterocycles. The van der Waals surface area contributed by atoms with Gasteiger partial charge in [-0.3, -0.25) is 9.59 Å². The van der Waals surface area contributed by atoms with Gasteiger partial charge in [0.25, 0.3) is 0 Å². The summed E-state index contributed by atoms with van der Waals surface area (Å²) in [5.41, 5.74) is 4.07. The molecule has 5 nitrogen and oxygen atoms in total. The molecule has 0 aliphatic heterocycles. The molecule has 6 rings (SSSR count). The van der Waals surface area contributed by atoms with E-state index in [9.17, 15) is 9.59 Å². The molecule has 0 saturated carbocycles. The van der Waals surface area contributed by atoms with Crippen LogP contribution in [0.15, 0.2) is 78.4 Å². The quantitative estimate of drug-likeness (QED) is 0.320. The molecule has 0 unspecified atom stereocenters. The highest BCUT2D eigenvalue weighted by Crippen LogP contribution is 2.39. The van der Waals surface area contributed by atoms with E-state index in [0.717, 1.165) is 21.3 Å². The molecule has 0 fully saturated rings. The number of anilines is 2. The fraction of sp³-hybridized carbons (Fsp3) is 0. The Labute approximate surface area is 197 Å². The number of benzene rings is 3. The van der Waals surface area contributed by atoms with Crippen LogP contribution in [0.4, 0.5) is 11.5 Å². The summed E-state index contributed by atoms with van der Waals surface area (Å²) in [4.78, 5) is 36.1. The third kappa shape index (κ3) is 3.15. The Morgan fingerprint density at radius 1 is 0.758 bits per heavy atom. The topological polar surface area (TPSA) is 72.0 Å². The van der Waals surface area contributed by atoms with Crippen molar-refractivity contribution < 1.29 is 9.59 Å². The number of ketones is 2. The lowest BCUT2D eigenvalue weighted by molar-refractivity contribution is 0.0979. The van der Waals surface area contributed by atoms with Crippen molar-refractivity contribution in [1.29, 1.82) is 0 Å². The predicted molar refractivity (Wildman–Crippen MR) is 131 cm³/mol. The maximum Gasteiger partial charge on any atom is 0.196 e. The van der Waals surface area contributed by atoms with Crippen LogP contribution in [0.1, 0.15) is 31.8 Å². The van der Waals surface area contributed by atoms with Gasteiger partial charge in [-0.25, -0.2) is 9.97 Å². The number of hydrogen-bond acceptors (Lipinski definition) is 6. The fourth-order valence-corrected chi connectivity index (χ4v) is 5.23. The number of nitrogens with zero attached hydrogens (tertiary/aromatic N) is 2. The molecule has 1 aliphatic carbocycles. The van der Waals surface area contributed by atoms with Gasteiger partial charge >= 0.3 is 0 Å². The summed E-state index contributed by atoms with van der Waals surface area (Å²) >= 11 is 7.58. The van der Waals surface area contributed by atoms with Crippen molar-refractivity contribution in [3.05, 3.63) is 106 Å². The molecule has 1 N–H and O–H groups in total. The number of aromatic nitrogens is 2. The van der Waals surface area contributed by atoms with Gasteiger partial charge in [-0.1, -0.05) is 60.1 Å². The van der Waals surface area contributed by atoms with E-state index in [4.69, 9.17) is 11.6 Å². The minimum atomic E-state index is -0.183. The highest BCUT2D eigenvalue weighted by molar-refractivity contribution is 7.17. The Hall–Kier alpha value is -3.87. The minimum absolute atomic E-state index is 0.158. The third-order valence-electron chi connectivity index (χ3n) is 5.73. The standard InChI is InChI=1S/C26H14ClN3O2S/c27-15-10-8-14(9-11-15)19-12-33-26-22(19)25(28-13-29-26)30-20-7-3-6-18-21(20)24(32)17-5-2-1-4-16(17)23(18)31/h1-13H,(H,28,29,30). The van der Waals surface area contributed by atoms with Gasteiger partial charge in [0.15, 0.2) is 11.6 Å². The molecule has 3 aromatic carbocycles. The number of rotatable bonds is 3. The number of thiophene rings is 1. The maximum atomic E-state index is 13.4. The van der Waals surface area contributed by atoms with Gasteiger partial charge in [0.05, 0.1) is 16.6 Å². The lowest BCUT2D eigenvalue weighted by Gasteiger charge is -2.20. The summed E-state index contributed by atoms with van der Waals surface area (Å²) in [6.07, 6.45) is 1.49. The number of nitrogens with one attached hydrogen (secondary N) is 1. The molecule has 1 aliphatic rings. The van der Waals surface area contributed by atoms with Crippen molar-refractivity contribution >= 4 is 56.2 Å². The number of fused-ring (bicyclic) bond motifs is 3. The van der Waals surface area contributed by atoms with Crippen LogP contribution in [0.25, 0.3) is 21.3 Å². The Bertz CT molecular complexity index is 1590. The molecule has 5 aromatic rings. The largest absolute Gasteiger partial charge is 0.339 e. The fourth-order valence-electron chi connectivity index (χ4n) is 4.19. The predicted octanol–water partition coefficient (Wildman–Crippen LogP) is 6.53. The molecule has 0 saturated heterocycles. The van der Waals surface area contributed by atoms with Gasteiger partial charge in [0.2, 0.25) is 0 Å². The average molecular weight is 468 g/mol. The molecule has 0 spiro atoms. The second kappa shape index (κ2) is 7.62. The zero-order valence-corrected chi connectivity index (χ0v) is 18.6. The SMILES string of the molecule is O=C1c2ccccc2C(=O)c2c(Nc3ncnc4scc(-c5ccc(Cl)cc5)c34)cccc21. The summed E-state index contributed by atoms with van der Waals surface area (Å²) in [6, 6.07) is 19.7. The first-order chi connectivity index (χ1) is 16.1. The highest BCUT2D eigenvalue weighted by atomic mass is 35.5. The number of carbonyl (C=O) groups excluding carboxylic acids is 2. The summed E-state index contributed by atoms with van der Waals surface area (Å²) in [5, 5.41) is 6.85. The molecule has 158 valence electrons. The Balaban J connectivity index is 1.50. The highest BCUT2D eigenvalue weighted by Gasteiger charge is 2.31. The van der Waals surface area contributed by atoms with E-state index < -0.39 is 0 Å². The van der Waals surface area contributed by atoms with E-state index >= 15 is 0 Å². The van der Waals surface area contributed by atoms with Crippen molar-refractivity contribution in [3.8, 4) is 11.1 Å². The molecule has 33 heavy (non-hydrogen) atoms. The van der Waals surface area contributed by atoms with E-state index in [0.29, 0.717) is 38.8 Å². The van der Waals surface area contributed by atoms with E-state index in [1.54, 1.807) is 42.5 Å². The van der Waals surface area contributed by atoms with Gasteiger partial charge < -0.3 is 5.32 Å². The molecule has 7 heteroatoms. The molecular weight excluding hydrogens is 454 g/mol. The smallest absolute Gasteiger partial charge is 0.196 e. The zero-order valence-electron chi connectivity index (χ0n) is 17.0. The summed E-state index contributed by atoms with van der Waals surface area (Å²) < 4.78 is 0. The van der Waals surface area contributed by atoms with Crippen molar-refractivity contribution in [3.63, 3.8) is 0 Å². The van der Waals surface area contributed by atoms with Crippen molar-refractivity contribution in [2.75, 3.05) is 5.32 Å². The first-order valence-electron chi connectivity index (χ1n) is 10.2. The van der Waals surface area contributed by atoms with Gasteiger partial charge in [-0.2, -0.15) is 0 Å². The Kier molecular flexibility index (Phi) is 4.57. The summed E-state index contributed by atoms with van der Waals surface area (Å²) in [5.74, 6) is 0.227. The molecule has 0 atom stereocenters. The molecule has 0 radical (unpaired) electrons. The molecule has 0 amide bonds. The number of hydrogen-bond donors (Lipinski definition) is 1. The van der Waals surface area contributed by atoms with E-state index in [2.05, 4.69) is 15.3 Å². The normalized spacial score (nSPS) is 12.5. The van der Waals surface area contributed by atoms with E-state index in [-0.39, 0.29) is 11.6 Å². The lowest BCUT2D eigenvalue weighted by Crippen LogP contribution is -2.22. The van der Waals surface area contributed by atoms with Crippen LogP contribution in [0.3, 0.4) is 0 Å². The van der Waals surface area contributed by atoms with Crippen molar-refractivity contribution in [2.45, 2.75) is 0 Å². The number of halogens is 1. The van der Waals surface area contributed by atoms with Gasteiger partial charge in [0, 0.05) is 32.7 Å².